The van der Waals surface area contributed by atoms with Crippen molar-refractivity contribution in [3.05, 3.63) is 6.20 Å². The molecule has 0 bridgehead atoms. The molecule has 120 valence electrons. The molecule has 3 heterocycles. The minimum absolute atomic E-state index is 0.0615. The molecule has 2 fully saturated rings. The first-order valence-corrected chi connectivity index (χ1v) is 8.25. The van der Waals surface area contributed by atoms with Gasteiger partial charge in [0.15, 0.2) is 0 Å². The van der Waals surface area contributed by atoms with Gasteiger partial charge in [0.2, 0.25) is 0 Å². The quantitative estimate of drug-likeness (QED) is 0.868. The lowest BCUT2D eigenvalue weighted by Gasteiger charge is -2.24. The fourth-order valence-corrected chi connectivity index (χ4v) is 3.13. The maximum atomic E-state index is 12.4. The highest BCUT2D eigenvalue weighted by Crippen LogP contribution is 2.17. The average Bonchev–Trinajstić information content (AvgIpc) is 3.16. The second-order valence-corrected chi connectivity index (χ2v) is 6.17. The summed E-state index contributed by atoms with van der Waals surface area (Å²) >= 11 is 1.14. The van der Waals surface area contributed by atoms with Crippen LogP contribution in [0.5, 0.6) is 0 Å². The second-order valence-electron chi connectivity index (χ2n) is 5.38. The summed E-state index contributed by atoms with van der Waals surface area (Å²) in [5, 5.41) is 7.08. The summed E-state index contributed by atoms with van der Waals surface area (Å²) in [6.07, 6.45) is 3.75. The van der Waals surface area contributed by atoms with Gasteiger partial charge in [0.1, 0.15) is 11.1 Å². The van der Waals surface area contributed by atoms with E-state index in [1.807, 2.05) is 4.90 Å². The van der Waals surface area contributed by atoms with Crippen LogP contribution in [-0.2, 0) is 9.53 Å². The molecule has 2 aliphatic heterocycles. The van der Waals surface area contributed by atoms with Crippen molar-refractivity contribution in [2.24, 2.45) is 0 Å². The highest BCUT2D eigenvalue weighted by atomic mass is 32.1. The lowest BCUT2D eigenvalue weighted by atomic mass is 10.2. The van der Waals surface area contributed by atoms with Gasteiger partial charge in [-0.15, -0.1) is 5.10 Å². The molecule has 3 rings (SSSR count). The first kappa shape index (κ1) is 15.2. The molecule has 1 N–H and O–H groups in total. The fraction of sp³-hybridized carbons (Fsp3) is 0.692. The summed E-state index contributed by atoms with van der Waals surface area (Å²) in [5.41, 5.74) is 0. The molecule has 8 nitrogen and oxygen atoms in total. The number of carbonyl (C=O) groups excluding carboxylic acids is 2. The number of anilines is 1. The SMILES string of the molecule is O=C(Nc1cnns1)N1CCCN(C(=O)C2CCCO2)CC1. The van der Waals surface area contributed by atoms with Gasteiger partial charge in [-0.3, -0.25) is 10.1 Å². The minimum Gasteiger partial charge on any atom is -0.368 e. The van der Waals surface area contributed by atoms with E-state index >= 15 is 0 Å². The zero-order chi connectivity index (χ0) is 15.4. The Morgan fingerprint density at radius 1 is 1.23 bits per heavy atom. The van der Waals surface area contributed by atoms with Gasteiger partial charge >= 0.3 is 6.03 Å². The number of hydrogen-bond donors (Lipinski definition) is 1. The normalized spacial score (nSPS) is 22.5. The molecule has 1 atom stereocenters. The number of amides is 3. The molecule has 0 radical (unpaired) electrons. The van der Waals surface area contributed by atoms with E-state index in [9.17, 15) is 9.59 Å². The van der Waals surface area contributed by atoms with Crippen LogP contribution >= 0.6 is 11.5 Å². The van der Waals surface area contributed by atoms with Crippen LogP contribution in [0.4, 0.5) is 9.80 Å². The highest BCUT2D eigenvalue weighted by molar-refractivity contribution is 7.10. The van der Waals surface area contributed by atoms with Gasteiger partial charge in [-0.25, -0.2) is 4.79 Å². The molecule has 0 spiro atoms. The third kappa shape index (κ3) is 3.53. The Labute approximate surface area is 132 Å². The van der Waals surface area contributed by atoms with Crippen LogP contribution in [0.1, 0.15) is 19.3 Å². The topological polar surface area (TPSA) is 87.7 Å². The number of urea groups is 1. The van der Waals surface area contributed by atoms with E-state index < -0.39 is 0 Å². The average molecular weight is 325 g/mol. The molecule has 2 aliphatic rings. The number of hydrogen-bond acceptors (Lipinski definition) is 6. The summed E-state index contributed by atoms with van der Waals surface area (Å²) in [5.74, 6) is 0.0615. The summed E-state index contributed by atoms with van der Waals surface area (Å²) in [4.78, 5) is 28.1. The molecule has 9 heteroatoms. The van der Waals surface area contributed by atoms with Crippen LogP contribution in [0.15, 0.2) is 6.20 Å². The second kappa shape index (κ2) is 7.01. The van der Waals surface area contributed by atoms with Crippen molar-refractivity contribution in [3.63, 3.8) is 0 Å². The van der Waals surface area contributed by atoms with E-state index in [1.54, 1.807) is 4.90 Å². The van der Waals surface area contributed by atoms with Gasteiger partial charge < -0.3 is 14.5 Å². The number of nitrogens with one attached hydrogen (secondary N) is 1. The van der Waals surface area contributed by atoms with Gasteiger partial charge in [0.05, 0.1) is 6.20 Å². The molecule has 0 aliphatic carbocycles. The summed E-state index contributed by atoms with van der Waals surface area (Å²) < 4.78 is 9.17. The van der Waals surface area contributed by atoms with Crippen LogP contribution in [-0.4, -0.2) is 70.2 Å². The molecule has 2 saturated heterocycles. The Hall–Kier alpha value is -1.74. The van der Waals surface area contributed by atoms with Crippen molar-refractivity contribution in [1.82, 2.24) is 19.4 Å². The molecule has 0 saturated carbocycles. The van der Waals surface area contributed by atoms with Gasteiger partial charge in [0, 0.05) is 44.3 Å². The summed E-state index contributed by atoms with van der Waals surface area (Å²) in [7, 11) is 0. The molecule has 0 aromatic carbocycles. The zero-order valence-electron chi connectivity index (χ0n) is 12.2. The fourth-order valence-electron chi connectivity index (χ4n) is 2.72. The number of carbonyl (C=O) groups is 2. The van der Waals surface area contributed by atoms with E-state index in [1.165, 1.54) is 6.20 Å². The Morgan fingerprint density at radius 3 is 2.77 bits per heavy atom. The van der Waals surface area contributed by atoms with Crippen LogP contribution in [0.25, 0.3) is 0 Å². The molecular weight excluding hydrogens is 306 g/mol. The monoisotopic (exact) mass is 325 g/mol. The number of rotatable bonds is 2. The largest absolute Gasteiger partial charge is 0.368 e. The first-order valence-electron chi connectivity index (χ1n) is 7.48. The Morgan fingerprint density at radius 2 is 2.05 bits per heavy atom. The molecule has 1 unspecified atom stereocenters. The van der Waals surface area contributed by atoms with Crippen LogP contribution in [0, 0.1) is 0 Å². The molecule has 3 amide bonds. The van der Waals surface area contributed by atoms with Crippen molar-refractivity contribution in [2.75, 3.05) is 38.1 Å². The molecule has 1 aromatic rings. The van der Waals surface area contributed by atoms with Crippen molar-refractivity contribution in [1.29, 1.82) is 0 Å². The van der Waals surface area contributed by atoms with Crippen LogP contribution in [0.2, 0.25) is 0 Å². The molecule has 1 aromatic heterocycles. The van der Waals surface area contributed by atoms with Crippen molar-refractivity contribution >= 4 is 28.5 Å². The Bertz CT molecular complexity index is 518. The Balaban J connectivity index is 1.53. The molecule has 22 heavy (non-hydrogen) atoms. The van der Waals surface area contributed by atoms with Gasteiger partial charge in [-0.2, -0.15) is 0 Å². The van der Waals surface area contributed by atoms with Gasteiger partial charge in [-0.05, 0) is 19.3 Å². The van der Waals surface area contributed by atoms with Gasteiger partial charge in [0.25, 0.3) is 5.91 Å². The van der Waals surface area contributed by atoms with E-state index in [4.69, 9.17) is 4.74 Å². The highest BCUT2D eigenvalue weighted by Gasteiger charge is 2.30. The van der Waals surface area contributed by atoms with Crippen LogP contribution < -0.4 is 5.32 Å². The third-order valence-corrected chi connectivity index (χ3v) is 4.47. The van der Waals surface area contributed by atoms with Gasteiger partial charge in [-0.1, -0.05) is 4.49 Å². The van der Waals surface area contributed by atoms with Crippen molar-refractivity contribution in [2.45, 2.75) is 25.4 Å². The Kier molecular flexibility index (Phi) is 4.84. The first-order chi connectivity index (χ1) is 10.7. The zero-order valence-corrected chi connectivity index (χ0v) is 13.0. The van der Waals surface area contributed by atoms with E-state index in [0.29, 0.717) is 37.8 Å². The standard InChI is InChI=1S/C13H19N5O3S/c19-12(10-3-1-8-21-10)17-4-2-5-18(7-6-17)13(20)15-11-9-14-16-22-11/h9-10H,1-8H2,(H,15,20). The maximum Gasteiger partial charge on any atom is 0.322 e. The number of aromatic nitrogens is 2. The third-order valence-electron chi connectivity index (χ3n) is 3.89. The summed E-state index contributed by atoms with van der Waals surface area (Å²) in [6, 6.07) is -0.169. The predicted molar refractivity (Wildman–Crippen MR) is 80.7 cm³/mol. The summed E-state index contributed by atoms with van der Waals surface area (Å²) in [6.45, 7) is 3.04. The van der Waals surface area contributed by atoms with Crippen molar-refractivity contribution < 1.29 is 14.3 Å². The number of nitrogens with zero attached hydrogens (tertiary/aromatic N) is 4. The van der Waals surface area contributed by atoms with E-state index in [0.717, 1.165) is 30.8 Å². The van der Waals surface area contributed by atoms with Crippen molar-refractivity contribution in [3.8, 4) is 0 Å². The maximum absolute atomic E-state index is 12.4. The molecular formula is C13H19N5O3S. The number of ether oxygens (including phenoxy) is 1. The lowest BCUT2D eigenvalue weighted by Crippen LogP contribution is -2.42. The minimum atomic E-state index is -0.288. The predicted octanol–water partition coefficient (Wildman–Crippen LogP) is 0.783. The van der Waals surface area contributed by atoms with E-state index in [2.05, 4.69) is 14.9 Å². The van der Waals surface area contributed by atoms with Crippen LogP contribution in [0.3, 0.4) is 0 Å². The van der Waals surface area contributed by atoms with E-state index in [-0.39, 0.29) is 18.0 Å². The smallest absolute Gasteiger partial charge is 0.322 e. The lowest BCUT2D eigenvalue weighted by molar-refractivity contribution is -0.140.